The molecule has 0 unspecified atom stereocenters. The first-order valence-electron chi connectivity index (χ1n) is 7.94. The first kappa shape index (κ1) is 18.3. The van der Waals surface area contributed by atoms with E-state index in [9.17, 15) is 13.6 Å². The molecule has 1 N–H and O–H groups in total. The van der Waals surface area contributed by atoms with Gasteiger partial charge in [0.05, 0.1) is 13.2 Å². The molecule has 24 heavy (non-hydrogen) atoms. The van der Waals surface area contributed by atoms with Crippen LogP contribution in [0.25, 0.3) is 0 Å². The molecule has 0 aromatic carbocycles. The minimum atomic E-state index is -2.58. The fourth-order valence-electron chi connectivity index (χ4n) is 2.64. The van der Waals surface area contributed by atoms with Gasteiger partial charge in [-0.3, -0.25) is 0 Å². The Morgan fingerprint density at radius 2 is 2.25 bits per heavy atom. The van der Waals surface area contributed by atoms with E-state index >= 15 is 0 Å². The average molecular weight is 343 g/mol. The Hall–Kier alpha value is -2.03. The fourth-order valence-corrected chi connectivity index (χ4v) is 2.64. The Bertz CT molecular complexity index is 506. The summed E-state index contributed by atoms with van der Waals surface area (Å²) in [5.41, 5.74) is 0. The van der Waals surface area contributed by atoms with Crippen LogP contribution >= 0.6 is 0 Å². The molecule has 0 spiro atoms. The average Bonchev–Trinajstić information content (AvgIpc) is 2.59. The lowest BCUT2D eigenvalue weighted by molar-refractivity contribution is 0.0824. The van der Waals surface area contributed by atoms with Crippen molar-refractivity contribution in [2.75, 3.05) is 44.8 Å². The van der Waals surface area contributed by atoms with Gasteiger partial charge in [0.25, 0.3) is 6.43 Å². The topological polar surface area (TPSA) is 70.6 Å². The number of nitrogens with one attached hydrogen (secondary N) is 1. The molecule has 1 aromatic rings. The summed E-state index contributed by atoms with van der Waals surface area (Å²) in [7, 11) is 1.47. The Balaban J connectivity index is 1.91. The molecule has 0 saturated carbocycles. The number of urea groups is 1. The number of carbonyl (C=O) groups is 1. The molecule has 0 radical (unpaired) electrons. The normalized spacial score (nSPS) is 17.8. The number of alkyl halides is 2. The molecule has 134 valence electrons. The van der Waals surface area contributed by atoms with Crippen LogP contribution in [-0.4, -0.2) is 73.3 Å². The van der Waals surface area contributed by atoms with Crippen molar-refractivity contribution in [3.05, 3.63) is 18.5 Å². The maximum atomic E-state index is 12.6. The van der Waals surface area contributed by atoms with Crippen molar-refractivity contribution in [1.82, 2.24) is 20.2 Å². The molecule has 0 aliphatic carbocycles. The fraction of sp³-hybridized carbons (Fsp3) is 0.667. The van der Waals surface area contributed by atoms with Crippen molar-refractivity contribution in [2.45, 2.75) is 25.3 Å². The van der Waals surface area contributed by atoms with Crippen LogP contribution < -0.4 is 10.2 Å². The van der Waals surface area contributed by atoms with Crippen molar-refractivity contribution in [2.24, 2.45) is 0 Å². The van der Waals surface area contributed by atoms with Crippen LogP contribution in [0.4, 0.5) is 19.5 Å². The van der Waals surface area contributed by atoms with Gasteiger partial charge in [-0.05, 0) is 18.9 Å². The van der Waals surface area contributed by atoms with Crippen LogP contribution in [0.1, 0.15) is 12.8 Å². The highest BCUT2D eigenvalue weighted by molar-refractivity contribution is 5.74. The van der Waals surface area contributed by atoms with E-state index in [-0.39, 0.29) is 19.2 Å². The van der Waals surface area contributed by atoms with Gasteiger partial charge in [-0.15, -0.1) is 0 Å². The SMILES string of the molecule is COCCN(CC(F)F)C(=O)N[C@@H]1CCCN(c2ncccn2)C1. The quantitative estimate of drug-likeness (QED) is 0.810. The first-order valence-corrected chi connectivity index (χ1v) is 7.94. The number of methoxy groups -OCH3 is 1. The summed E-state index contributed by atoms with van der Waals surface area (Å²) in [5.74, 6) is 0.611. The molecular weight excluding hydrogens is 320 g/mol. The van der Waals surface area contributed by atoms with E-state index in [1.54, 1.807) is 18.5 Å². The van der Waals surface area contributed by atoms with E-state index in [1.165, 1.54) is 7.11 Å². The summed E-state index contributed by atoms with van der Waals surface area (Å²) in [4.78, 5) is 23.8. The Labute approximate surface area is 140 Å². The molecule has 2 heterocycles. The highest BCUT2D eigenvalue weighted by atomic mass is 19.3. The summed E-state index contributed by atoms with van der Waals surface area (Å²) < 4.78 is 30.2. The molecule has 1 fully saturated rings. The third kappa shape index (κ3) is 5.55. The van der Waals surface area contributed by atoms with Gasteiger partial charge in [-0.25, -0.2) is 23.5 Å². The molecule has 1 atom stereocenters. The van der Waals surface area contributed by atoms with Gasteiger partial charge in [-0.2, -0.15) is 0 Å². The number of amides is 2. The van der Waals surface area contributed by atoms with Gasteiger partial charge in [0, 0.05) is 45.2 Å². The Morgan fingerprint density at radius 3 is 2.92 bits per heavy atom. The van der Waals surface area contributed by atoms with Crippen LogP contribution in [0.2, 0.25) is 0 Å². The van der Waals surface area contributed by atoms with Gasteiger partial charge < -0.3 is 19.9 Å². The highest BCUT2D eigenvalue weighted by Gasteiger charge is 2.25. The molecule has 1 aliphatic rings. The molecule has 1 aromatic heterocycles. The number of hydrogen-bond acceptors (Lipinski definition) is 5. The number of piperidine rings is 1. The minimum Gasteiger partial charge on any atom is -0.383 e. The molecule has 1 aliphatic heterocycles. The summed E-state index contributed by atoms with van der Waals surface area (Å²) in [6, 6.07) is 1.12. The lowest BCUT2D eigenvalue weighted by Gasteiger charge is -2.34. The number of anilines is 1. The van der Waals surface area contributed by atoms with Crippen molar-refractivity contribution < 1.29 is 18.3 Å². The number of carbonyl (C=O) groups excluding carboxylic acids is 1. The van der Waals surface area contributed by atoms with E-state index in [0.29, 0.717) is 12.5 Å². The van der Waals surface area contributed by atoms with Gasteiger partial charge >= 0.3 is 6.03 Å². The molecule has 7 nitrogen and oxygen atoms in total. The zero-order valence-corrected chi connectivity index (χ0v) is 13.7. The van der Waals surface area contributed by atoms with Gasteiger partial charge in [0.15, 0.2) is 0 Å². The molecule has 1 saturated heterocycles. The maximum Gasteiger partial charge on any atom is 0.317 e. The summed E-state index contributed by atoms with van der Waals surface area (Å²) in [6.07, 6.45) is 2.42. The lowest BCUT2D eigenvalue weighted by Crippen LogP contribution is -2.53. The second-order valence-electron chi connectivity index (χ2n) is 5.61. The lowest BCUT2D eigenvalue weighted by atomic mass is 10.1. The third-order valence-corrected chi connectivity index (χ3v) is 3.79. The number of aromatic nitrogens is 2. The smallest absolute Gasteiger partial charge is 0.317 e. The van der Waals surface area contributed by atoms with Crippen molar-refractivity contribution >= 4 is 12.0 Å². The van der Waals surface area contributed by atoms with Gasteiger partial charge in [-0.1, -0.05) is 0 Å². The van der Waals surface area contributed by atoms with Crippen LogP contribution in [0.5, 0.6) is 0 Å². The number of hydrogen-bond donors (Lipinski definition) is 1. The summed E-state index contributed by atoms with van der Waals surface area (Å²) in [6.45, 7) is 1.11. The first-order chi connectivity index (χ1) is 11.6. The molecule has 2 amide bonds. The number of ether oxygens (including phenoxy) is 1. The zero-order valence-electron chi connectivity index (χ0n) is 13.7. The van der Waals surface area contributed by atoms with E-state index in [4.69, 9.17) is 4.74 Å². The van der Waals surface area contributed by atoms with Crippen molar-refractivity contribution in [3.63, 3.8) is 0 Å². The predicted octanol–water partition coefficient (Wildman–Crippen LogP) is 1.37. The van der Waals surface area contributed by atoms with E-state index < -0.39 is 19.0 Å². The van der Waals surface area contributed by atoms with Crippen LogP contribution in [-0.2, 0) is 4.74 Å². The van der Waals surface area contributed by atoms with Crippen LogP contribution in [0.3, 0.4) is 0 Å². The van der Waals surface area contributed by atoms with Crippen molar-refractivity contribution in [1.29, 1.82) is 0 Å². The summed E-state index contributed by atoms with van der Waals surface area (Å²) >= 11 is 0. The minimum absolute atomic E-state index is 0.127. The molecule has 9 heteroatoms. The van der Waals surface area contributed by atoms with Gasteiger partial charge in [0.2, 0.25) is 5.95 Å². The predicted molar refractivity (Wildman–Crippen MR) is 85.3 cm³/mol. The maximum absolute atomic E-state index is 12.6. The van der Waals surface area contributed by atoms with Crippen molar-refractivity contribution in [3.8, 4) is 0 Å². The van der Waals surface area contributed by atoms with Crippen LogP contribution in [0.15, 0.2) is 18.5 Å². The van der Waals surface area contributed by atoms with Gasteiger partial charge in [0.1, 0.15) is 0 Å². The molecule has 0 bridgehead atoms. The Kier molecular flexibility index (Phi) is 7.10. The molecule has 2 rings (SSSR count). The second kappa shape index (κ2) is 9.31. The largest absolute Gasteiger partial charge is 0.383 e. The molecular formula is C15H23F2N5O2. The highest BCUT2D eigenvalue weighted by Crippen LogP contribution is 2.15. The van der Waals surface area contributed by atoms with Crippen LogP contribution in [0, 0.1) is 0 Å². The number of rotatable bonds is 7. The van der Waals surface area contributed by atoms with E-state index in [1.807, 2.05) is 4.90 Å². The van der Waals surface area contributed by atoms with E-state index in [0.717, 1.165) is 24.3 Å². The summed E-state index contributed by atoms with van der Waals surface area (Å²) in [5, 5.41) is 2.83. The van der Waals surface area contributed by atoms with E-state index in [2.05, 4.69) is 15.3 Å². The standard InChI is InChI=1S/C15H23F2N5O2/c1-24-9-8-22(11-13(16)17)15(23)20-12-4-2-7-21(10-12)14-18-5-3-6-19-14/h3,5-6,12-13H,2,4,7-11H2,1H3,(H,20,23)/t12-/m1/s1. The second-order valence-corrected chi connectivity index (χ2v) is 5.61. The zero-order chi connectivity index (χ0) is 17.4. The number of nitrogens with zero attached hydrogens (tertiary/aromatic N) is 4. The third-order valence-electron chi connectivity index (χ3n) is 3.79. The number of halogens is 2. The monoisotopic (exact) mass is 343 g/mol. The Morgan fingerprint density at radius 1 is 1.50 bits per heavy atom.